The lowest BCUT2D eigenvalue weighted by Gasteiger charge is -2.26. The van der Waals surface area contributed by atoms with E-state index in [0.29, 0.717) is 15.9 Å². The molecule has 0 saturated carbocycles. The summed E-state index contributed by atoms with van der Waals surface area (Å²) in [4.78, 5) is 23.9. The summed E-state index contributed by atoms with van der Waals surface area (Å²) < 4.78 is 1.37. The van der Waals surface area contributed by atoms with E-state index in [-0.39, 0.29) is 0 Å². The van der Waals surface area contributed by atoms with E-state index < -0.39 is 17.5 Å². The van der Waals surface area contributed by atoms with Gasteiger partial charge in [-0.3, -0.25) is 4.79 Å². The number of nitrogens with zero attached hydrogens (tertiary/aromatic N) is 2. The number of amides is 3. The second-order valence-electron chi connectivity index (χ2n) is 5.15. The molecule has 2 rings (SSSR count). The predicted molar refractivity (Wildman–Crippen MR) is 78.3 cm³/mol. The standard InChI is InChI=1S/C14H16Cl2N2O2/c1-4-9(2)10-5-7-11(8-6-10)14(3)12(19)17(15)13(20)18(14)16/h5-9H,4H2,1-3H3. The summed E-state index contributed by atoms with van der Waals surface area (Å²) in [5, 5.41) is 0. The molecule has 4 nitrogen and oxygen atoms in total. The van der Waals surface area contributed by atoms with Gasteiger partial charge in [-0.15, -0.1) is 0 Å². The number of urea groups is 1. The van der Waals surface area contributed by atoms with Crippen molar-refractivity contribution in [3.8, 4) is 0 Å². The van der Waals surface area contributed by atoms with Crippen molar-refractivity contribution >= 4 is 35.5 Å². The fourth-order valence-corrected chi connectivity index (χ4v) is 2.76. The third kappa shape index (κ3) is 2.07. The second-order valence-corrected chi connectivity index (χ2v) is 5.83. The zero-order valence-corrected chi connectivity index (χ0v) is 13.1. The van der Waals surface area contributed by atoms with Crippen LogP contribution in [0.2, 0.25) is 0 Å². The summed E-state index contributed by atoms with van der Waals surface area (Å²) in [5.41, 5.74) is 0.551. The molecule has 1 aromatic rings. The van der Waals surface area contributed by atoms with Gasteiger partial charge in [0.15, 0.2) is 5.54 Å². The molecule has 1 heterocycles. The Morgan fingerprint density at radius 1 is 1.20 bits per heavy atom. The van der Waals surface area contributed by atoms with Crippen LogP contribution in [0.4, 0.5) is 4.79 Å². The number of carbonyl (C=O) groups is 2. The molecule has 20 heavy (non-hydrogen) atoms. The Labute approximate surface area is 128 Å². The van der Waals surface area contributed by atoms with Crippen LogP contribution < -0.4 is 0 Å². The highest BCUT2D eigenvalue weighted by molar-refractivity contribution is 6.39. The van der Waals surface area contributed by atoms with Crippen LogP contribution in [0.15, 0.2) is 24.3 Å². The van der Waals surface area contributed by atoms with Gasteiger partial charge in [0.05, 0.1) is 0 Å². The van der Waals surface area contributed by atoms with Gasteiger partial charge >= 0.3 is 6.03 Å². The van der Waals surface area contributed by atoms with Gasteiger partial charge in [0.2, 0.25) is 0 Å². The van der Waals surface area contributed by atoms with Gasteiger partial charge in [0, 0.05) is 23.6 Å². The lowest BCUT2D eigenvalue weighted by molar-refractivity contribution is -0.128. The summed E-state index contributed by atoms with van der Waals surface area (Å²) in [5.74, 6) is -0.107. The fraction of sp³-hybridized carbons (Fsp3) is 0.429. The largest absolute Gasteiger partial charge is 0.357 e. The van der Waals surface area contributed by atoms with E-state index in [0.717, 1.165) is 10.8 Å². The molecule has 0 bridgehead atoms. The van der Waals surface area contributed by atoms with Crippen LogP contribution in [0.3, 0.4) is 0 Å². The SMILES string of the molecule is CCC(C)c1ccc(C2(C)C(=O)N(Cl)C(=O)N2Cl)cc1. The second kappa shape index (κ2) is 5.26. The maximum atomic E-state index is 12.2. The van der Waals surface area contributed by atoms with Crippen molar-refractivity contribution in [2.45, 2.75) is 38.6 Å². The minimum atomic E-state index is -1.27. The van der Waals surface area contributed by atoms with Crippen LogP contribution in [0.1, 0.15) is 44.2 Å². The highest BCUT2D eigenvalue weighted by Gasteiger charge is 2.55. The average molecular weight is 315 g/mol. The van der Waals surface area contributed by atoms with Gasteiger partial charge < -0.3 is 0 Å². The minimum Gasteiger partial charge on any atom is -0.270 e. The molecule has 0 spiro atoms. The molecular weight excluding hydrogens is 299 g/mol. The quantitative estimate of drug-likeness (QED) is 0.625. The van der Waals surface area contributed by atoms with Gasteiger partial charge in [0.1, 0.15) is 0 Å². The Kier molecular flexibility index (Phi) is 3.98. The Hall–Kier alpha value is -1.26. The molecule has 1 saturated heterocycles. The molecule has 1 aliphatic rings. The Balaban J connectivity index is 2.40. The lowest BCUT2D eigenvalue weighted by Crippen LogP contribution is -2.39. The van der Waals surface area contributed by atoms with Crippen LogP contribution in [-0.4, -0.2) is 20.8 Å². The Morgan fingerprint density at radius 3 is 2.15 bits per heavy atom. The zero-order chi connectivity index (χ0) is 15.1. The molecule has 2 unspecified atom stereocenters. The van der Waals surface area contributed by atoms with Crippen molar-refractivity contribution in [2.75, 3.05) is 0 Å². The maximum Gasteiger partial charge on any atom is 0.357 e. The molecule has 1 aliphatic heterocycles. The summed E-state index contributed by atoms with van der Waals surface area (Å²) in [7, 11) is 0. The normalized spacial score (nSPS) is 24.4. The number of hydrogen-bond donors (Lipinski definition) is 0. The predicted octanol–water partition coefficient (Wildman–Crippen LogP) is 3.99. The van der Waals surface area contributed by atoms with E-state index in [1.54, 1.807) is 6.92 Å². The Bertz CT molecular complexity index is 547. The third-order valence-electron chi connectivity index (χ3n) is 3.98. The minimum absolute atomic E-state index is 0.439. The third-order valence-corrected chi connectivity index (χ3v) is 4.76. The summed E-state index contributed by atoms with van der Waals surface area (Å²) in [6, 6.07) is 6.81. The average Bonchev–Trinajstić information content (AvgIpc) is 2.63. The number of halogens is 2. The smallest absolute Gasteiger partial charge is 0.270 e. The molecule has 0 radical (unpaired) electrons. The fourth-order valence-electron chi connectivity index (χ4n) is 2.24. The Morgan fingerprint density at radius 2 is 1.75 bits per heavy atom. The highest BCUT2D eigenvalue weighted by Crippen LogP contribution is 2.39. The number of hydrogen-bond acceptors (Lipinski definition) is 2. The van der Waals surface area contributed by atoms with Crippen molar-refractivity contribution < 1.29 is 9.59 Å². The number of benzene rings is 1. The van der Waals surface area contributed by atoms with Gasteiger partial charge in [-0.2, -0.15) is 4.42 Å². The van der Waals surface area contributed by atoms with Crippen LogP contribution in [0.5, 0.6) is 0 Å². The summed E-state index contributed by atoms with van der Waals surface area (Å²) >= 11 is 11.6. The van der Waals surface area contributed by atoms with Crippen molar-refractivity contribution in [3.63, 3.8) is 0 Å². The van der Waals surface area contributed by atoms with Crippen LogP contribution in [0, 0.1) is 0 Å². The molecule has 1 fully saturated rings. The first-order chi connectivity index (χ1) is 9.33. The van der Waals surface area contributed by atoms with E-state index in [9.17, 15) is 9.59 Å². The van der Waals surface area contributed by atoms with E-state index in [1.165, 1.54) is 5.56 Å². The van der Waals surface area contributed by atoms with Crippen molar-refractivity contribution in [2.24, 2.45) is 0 Å². The van der Waals surface area contributed by atoms with E-state index in [1.807, 2.05) is 24.3 Å². The summed E-state index contributed by atoms with van der Waals surface area (Å²) in [6.07, 6.45) is 1.03. The highest BCUT2D eigenvalue weighted by atomic mass is 35.5. The van der Waals surface area contributed by atoms with Crippen molar-refractivity contribution in [3.05, 3.63) is 35.4 Å². The van der Waals surface area contributed by atoms with Gasteiger partial charge in [-0.25, -0.2) is 9.21 Å². The van der Waals surface area contributed by atoms with E-state index in [2.05, 4.69) is 13.8 Å². The lowest BCUT2D eigenvalue weighted by atomic mass is 9.89. The molecule has 2 atom stereocenters. The molecule has 6 heteroatoms. The monoisotopic (exact) mass is 314 g/mol. The zero-order valence-electron chi connectivity index (χ0n) is 11.6. The molecule has 3 amide bonds. The van der Waals surface area contributed by atoms with Gasteiger partial charge in [0.25, 0.3) is 5.91 Å². The van der Waals surface area contributed by atoms with Gasteiger partial charge in [-0.05, 0) is 30.4 Å². The topological polar surface area (TPSA) is 40.6 Å². The molecule has 1 aromatic carbocycles. The maximum absolute atomic E-state index is 12.2. The number of rotatable bonds is 3. The number of carbonyl (C=O) groups excluding carboxylic acids is 2. The van der Waals surface area contributed by atoms with Crippen LogP contribution >= 0.6 is 23.6 Å². The summed E-state index contributed by atoms with van der Waals surface area (Å²) in [6.45, 7) is 5.83. The van der Waals surface area contributed by atoms with Crippen molar-refractivity contribution in [1.82, 2.24) is 8.84 Å². The molecule has 0 aliphatic carbocycles. The van der Waals surface area contributed by atoms with Crippen LogP contribution in [-0.2, 0) is 10.3 Å². The van der Waals surface area contributed by atoms with E-state index in [4.69, 9.17) is 23.6 Å². The first-order valence-electron chi connectivity index (χ1n) is 6.44. The molecule has 0 aromatic heterocycles. The molecule has 0 N–H and O–H groups in total. The van der Waals surface area contributed by atoms with Crippen LogP contribution in [0.25, 0.3) is 0 Å². The first-order valence-corrected chi connectivity index (χ1v) is 7.12. The molecular formula is C14H16Cl2N2O2. The van der Waals surface area contributed by atoms with Gasteiger partial charge in [-0.1, -0.05) is 38.1 Å². The number of imide groups is 1. The van der Waals surface area contributed by atoms with Crippen molar-refractivity contribution in [1.29, 1.82) is 0 Å². The van der Waals surface area contributed by atoms with E-state index >= 15 is 0 Å². The molecule has 108 valence electrons. The first kappa shape index (κ1) is 15.1.